The highest BCUT2D eigenvalue weighted by molar-refractivity contribution is 14.1. The molecule has 94 valence electrons. The summed E-state index contributed by atoms with van der Waals surface area (Å²) in [6.45, 7) is 0. The third-order valence-electron chi connectivity index (χ3n) is 1.76. The van der Waals surface area contributed by atoms with E-state index in [0.29, 0.717) is 12.1 Å². The molecular formula is C9H5ClF4INO. The van der Waals surface area contributed by atoms with Crippen LogP contribution in [0.1, 0.15) is 5.56 Å². The zero-order valence-corrected chi connectivity index (χ0v) is 11.0. The third-order valence-corrected chi connectivity index (χ3v) is 2.76. The zero-order chi connectivity index (χ0) is 13.2. The van der Waals surface area contributed by atoms with Crippen molar-refractivity contribution < 1.29 is 22.4 Å². The monoisotopic (exact) mass is 381 g/mol. The van der Waals surface area contributed by atoms with Gasteiger partial charge in [0.1, 0.15) is 5.82 Å². The Morgan fingerprint density at radius 3 is 2.47 bits per heavy atom. The fourth-order valence-electron chi connectivity index (χ4n) is 1.04. The van der Waals surface area contributed by atoms with E-state index in [0.717, 1.165) is 0 Å². The molecule has 1 N–H and O–H groups in total. The van der Waals surface area contributed by atoms with Crippen molar-refractivity contribution in [2.45, 2.75) is 6.18 Å². The Labute approximate surface area is 112 Å². The molecule has 1 aromatic rings. The van der Waals surface area contributed by atoms with E-state index in [1.54, 1.807) is 22.6 Å². The molecule has 0 saturated carbocycles. The molecule has 0 aliphatic carbocycles. The van der Waals surface area contributed by atoms with Crippen molar-refractivity contribution >= 4 is 45.8 Å². The lowest BCUT2D eigenvalue weighted by atomic mass is 10.2. The van der Waals surface area contributed by atoms with Crippen molar-refractivity contribution in [3.05, 3.63) is 28.5 Å². The van der Waals surface area contributed by atoms with E-state index in [4.69, 9.17) is 11.6 Å². The summed E-state index contributed by atoms with van der Waals surface area (Å²) in [6, 6.07) is 0.995. The molecular weight excluding hydrogens is 376 g/mol. The fraction of sp³-hybridized carbons (Fsp3) is 0.222. The molecule has 0 heterocycles. The van der Waals surface area contributed by atoms with Gasteiger partial charge in [-0.2, -0.15) is 13.2 Å². The van der Waals surface area contributed by atoms with E-state index in [1.807, 2.05) is 0 Å². The number of nitrogens with one attached hydrogen (secondary N) is 1. The first kappa shape index (κ1) is 14.5. The molecule has 0 atom stereocenters. The Morgan fingerprint density at radius 2 is 2.00 bits per heavy atom. The number of hydrogen-bond donors (Lipinski definition) is 1. The van der Waals surface area contributed by atoms with Gasteiger partial charge in [0, 0.05) is 0 Å². The van der Waals surface area contributed by atoms with Crippen molar-refractivity contribution in [3.63, 3.8) is 0 Å². The normalized spacial score (nSPS) is 11.4. The molecule has 0 aliphatic heterocycles. The SMILES string of the molecule is O=C(CI)Nc1cc(F)c(C(F)(F)F)cc1Cl. The van der Waals surface area contributed by atoms with Gasteiger partial charge in [-0.05, 0) is 12.1 Å². The number of benzene rings is 1. The van der Waals surface area contributed by atoms with Gasteiger partial charge in [-0.1, -0.05) is 34.2 Å². The van der Waals surface area contributed by atoms with Crippen molar-refractivity contribution in [2.75, 3.05) is 9.74 Å². The van der Waals surface area contributed by atoms with Crippen LogP contribution in [0.25, 0.3) is 0 Å². The van der Waals surface area contributed by atoms with Gasteiger partial charge in [-0.3, -0.25) is 4.79 Å². The Kier molecular flexibility index (Phi) is 4.59. The van der Waals surface area contributed by atoms with Gasteiger partial charge in [0.25, 0.3) is 0 Å². The minimum atomic E-state index is -4.82. The Morgan fingerprint density at radius 1 is 1.41 bits per heavy atom. The molecule has 0 aromatic heterocycles. The molecule has 8 heteroatoms. The maximum atomic E-state index is 13.1. The molecule has 1 amide bonds. The summed E-state index contributed by atoms with van der Waals surface area (Å²) in [4.78, 5) is 11.0. The van der Waals surface area contributed by atoms with E-state index in [9.17, 15) is 22.4 Å². The van der Waals surface area contributed by atoms with Gasteiger partial charge < -0.3 is 5.32 Å². The first-order valence-electron chi connectivity index (χ1n) is 4.17. The highest BCUT2D eigenvalue weighted by atomic mass is 127. The summed E-state index contributed by atoms with van der Waals surface area (Å²) in [5.41, 5.74) is -1.64. The molecule has 0 unspecified atom stereocenters. The van der Waals surface area contributed by atoms with Gasteiger partial charge in [0.2, 0.25) is 5.91 Å². The summed E-state index contributed by atoms with van der Waals surface area (Å²) in [6.07, 6.45) is -4.82. The Bertz CT molecular complexity index is 449. The zero-order valence-electron chi connectivity index (χ0n) is 8.04. The third kappa shape index (κ3) is 3.70. The summed E-state index contributed by atoms with van der Waals surface area (Å²) in [7, 11) is 0. The molecule has 0 fully saturated rings. The number of alkyl halides is 4. The van der Waals surface area contributed by atoms with Gasteiger partial charge in [0.15, 0.2) is 0 Å². The Hall–Kier alpha value is -0.570. The maximum Gasteiger partial charge on any atom is 0.419 e. The molecule has 0 aliphatic rings. The number of halogens is 6. The van der Waals surface area contributed by atoms with Crippen LogP contribution in [0.5, 0.6) is 0 Å². The second-order valence-electron chi connectivity index (χ2n) is 2.99. The van der Waals surface area contributed by atoms with Crippen molar-refractivity contribution in [1.82, 2.24) is 0 Å². The predicted octanol–water partition coefficient (Wildman–Crippen LogP) is 3.87. The molecule has 2 nitrogen and oxygen atoms in total. The largest absolute Gasteiger partial charge is 0.419 e. The van der Waals surface area contributed by atoms with E-state index in [2.05, 4.69) is 5.32 Å². The van der Waals surface area contributed by atoms with E-state index in [1.165, 1.54) is 0 Å². The lowest BCUT2D eigenvalue weighted by Crippen LogP contribution is -2.14. The van der Waals surface area contributed by atoms with Gasteiger partial charge in [0.05, 0.1) is 20.7 Å². The minimum Gasteiger partial charge on any atom is -0.324 e. The topological polar surface area (TPSA) is 29.1 Å². The molecule has 1 rings (SSSR count). The molecule has 1 aromatic carbocycles. The van der Waals surface area contributed by atoms with Crippen molar-refractivity contribution in [2.24, 2.45) is 0 Å². The molecule has 0 saturated heterocycles. The van der Waals surface area contributed by atoms with Crippen LogP contribution in [-0.4, -0.2) is 10.3 Å². The number of carbonyl (C=O) groups excluding carboxylic acids is 1. The van der Waals surface area contributed by atoms with Crippen LogP contribution in [0.4, 0.5) is 23.2 Å². The number of hydrogen-bond acceptors (Lipinski definition) is 1. The molecule has 0 bridgehead atoms. The van der Waals surface area contributed by atoms with Crippen molar-refractivity contribution in [3.8, 4) is 0 Å². The standard InChI is InChI=1S/C9H5ClF4INO/c10-5-1-4(9(12,13)14)6(11)2-7(5)16-8(17)3-15/h1-2H,3H2,(H,16,17). The molecule has 17 heavy (non-hydrogen) atoms. The quantitative estimate of drug-likeness (QED) is 0.470. The second-order valence-corrected chi connectivity index (χ2v) is 4.16. The lowest BCUT2D eigenvalue weighted by molar-refractivity contribution is -0.139. The summed E-state index contributed by atoms with van der Waals surface area (Å²) < 4.78 is 50.1. The first-order valence-corrected chi connectivity index (χ1v) is 6.08. The van der Waals surface area contributed by atoms with E-state index < -0.39 is 23.5 Å². The van der Waals surface area contributed by atoms with Crippen LogP contribution in [0.3, 0.4) is 0 Å². The average Bonchev–Trinajstić information content (AvgIpc) is 2.21. The summed E-state index contributed by atoms with van der Waals surface area (Å²) in [5, 5.41) is 1.83. The lowest BCUT2D eigenvalue weighted by Gasteiger charge is -2.11. The van der Waals surface area contributed by atoms with Crippen LogP contribution in [0, 0.1) is 5.82 Å². The van der Waals surface area contributed by atoms with E-state index in [-0.39, 0.29) is 15.1 Å². The number of anilines is 1. The number of rotatable bonds is 2. The Balaban J connectivity index is 3.14. The second kappa shape index (κ2) is 5.38. The van der Waals surface area contributed by atoms with Crippen LogP contribution in [0.2, 0.25) is 5.02 Å². The number of amides is 1. The van der Waals surface area contributed by atoms with Gasteiger partial charge in [-0.15, -0.1) is 0 Å². The number of carbonyl (C=O) groups is 1. The molecule has 0 spiro atoms. The highest BCUT2D eigenvalue weighted by Gasteiger charge is 2.34. The van der Waals surface area contributed by atoms with Crippen LogP contribution in [-0.2, 0) is 11.0 Å². The van der Waals surface area contributed by atoms with Crippen LogP contribution in [0.15, 0.2) is 12.1 Å². The van der Waals surface area contributed by atoms with Crippen molar-refractivity contribution in [1.29, 1.82) is 0 Å². The fourth-order valence-corrected chi connectivity index (χ4v) is 1.45. The van der Waals surface area contributed by atoms with Gasteiger partial charge in [-0.25, -0.2) is 4.39 Å². The predicted molar refractivity (Wildman–Crippen MR) is 63.9 cm³/mol. The smallest absolute Gasteiger partial charge is 0.324 e. The maximum absolute atomic E-state index is 13.1. The molecule has 0 radical (unpaired) electrons. The first-order chi connectivity index (χ1) is 7.75. The van der Waals surface area contributed by atoms with Crippen LogP contribution < -0.4 is 5.32 Å². The van der Waals surface area contributed by atoms with E-state index >= 15 is 0 Å². The average molecular weight is 381 g/mol. The summed E-state index contributed by atoms with van der Waals surface area (Å²) in [5.74, 6) is -1.96. The highest BCUT2D eigenvalue weighted by Crippen LogP contribution is 2.36. The van der Waals surface area contributed by atoms with Crippen LogP contribution >= 0.6 is 34.2 Å². The minimum absolute atomic E-state index is 0.0801. The van der Waals surface area contributed by atoms with Gasteiger partial charge >= 0.3 is 6.18 Å². The summed E-state index contributed by atoms with van der Waals surface area (Å²) >= 11 is 7.28.